The van der Waals surface area contributed by atoms with Crippen LogP contribution in [0.5, 0.6) is 0 Å². The predicted molar refractivity (Wildman–Crippen MR) is 116 cm³/mol. The van der Waals surface area contributed by atoms with E-state index >= 15 is 0 Å². The highest BCUT2D eigenvalue weighted by molar-refractivity contribution is 5.79. The second kappa shape index (κ2) is 20.4. The van der Waals surface area contributed by atoms with Crippen LogP contribution in [0.2, 0.25) is 0 Å². The third kappa shape index (κ3) is 18.1. The van der Waals surface area contributed by atoms with Crippen molar-refractivity contribution in [3.8, 4) is 0 Å². The summed E-state index contributed by atoms with van der Waals surface area (Å²) in [4.78, 5) is 22.8. The van der Waals surface area contributed by atoms with Gasteiger partial charge in [-0.3, -0.25) is 9.59 Å². The van der Waals surface area contributed by atoms with Gasteiger partial charge in [0.25, 0.3) is 0 Å². The summed E-state index contributed by atoms with van der Waals surface area (Å²) >= 11 is 0. The van der Waals surface area contributed by atoms with Gasteiger partial charge in [-0.1, -0.05) is 83.8 Å². The first kappa shape index (κ1) is 26.7. The van der Waals surface area contributed by atoms with Crippen molar-refractivity contribution in [3.05, 3.63) is 12.2 Å². The summed E-state index contributed by atoms with van der Waals surface area (Å²) in [6.45, 7) is 4.56. The minimum atomic E-state index is -0.931. The van der Waals surface area contributed by atoms with E-state index in [2.05, 4.69) is 19.1 Å². The Morgan fingerprint density at radius 1 is 0.786 bits per heavy atom. The van der Waals surface area contributed by atoms with Gasteiger partial charge in [0, 0.05) is 0 Å². The number of carboxylic acid groups (broad SMARTS) is 1. The van der Waals surface area contributed by atoms with Gasteiger partial charge in [0.1, 0.15) is 0 Å². The number of carboxylic acids is 1. The summed E-state index contributed by atoms with van der Waals surface area (Å²) in [5.41, 5.74) is 0. The Balaban J connectivity index is 3.62. The summed E-state index contributed by atoms with van der Waals surface area (Å²) in [7, 11) is 0. The molecule has 0 aromatic rings. The Kier molecular flexibility index (Phi) is 19.5. The first-order valence-electron chi connectivity index (χ1n) is 11.6. The zero-order valence-corrected chi connectivity index (χ0v) is 18.4. The van der Waals surface area contributed by atoms with Crippen molar-refractivity contribution < 1.29 is 19.4 Å². The Morgan fingerprint density at radius 3 is 1.86 bits per heavy atom. The molecule has 0 aliphatic carbocycles. The number of rotatable bonds is 20. The van der Waals surface area contributed by atoms with Crippen LogP contribution in [0.3, 0.4) is 0 Å². The number of aliphatic carboxylic acids is 1. The number of unbranched alkanes of at least 4 members (excludes halogenated alkanes) is 11. The molecule has 4 heteroatoms. The van der Waals surface area contributed by atoms with Crippen LogP contribution in [0.15, 0.2) is 12.2 Å². The molecular weight excluding hydrogens is 352 g/mol. The molecule has 4 nitrogen and oxygen atoms in total. The smallest absolute Gasteiger partial charge is 0.309 e. The van der Waals surface area contributed by atoms with Crippen LogP contribution >= 0.6 is 0 Å². The number of esters is 1. The Hall–Kier alpha value is -1.32. The third-order valence-corrected chi connectivity index (χ3v) is 5.02. The van der Waals surface area contributed by atoms with E-state index in [0.717, 1.165) is 32.1 Å². The molecule has 0 aliphatic rings. The van der Waals surface area contributed by atoms with Crippen molar-refractivity contribution >= 4 is 11.9 Å². The highest BCUT2D eigenvalue weighted by atomic mass is 16.5. The summed E-state index contributed by atoms with van der Waals surface area (Å²) in [5, 5.41) is 8.96. The molecule has 0 radical (unpaired) electrons. The molecular formula is C24H44O4. The Labute approximate surface area is 173 Å². The third-order valence-electron chi connectivity index (χ3n) is 5.02. The average molecular weight is 397 g/mol. The maximum absolute atomic E-state index is 11.9. The van der Waals surface area contributed by atoms with Gasteiger partial charge in [0.05, 0.1) is 18.9 Å². The highest BCUT2D eigenvalue weighted by Gasteiger charge is 2.22. The summed E-state index contributed by atoms with van der Waals surface area (Å²) in [5.74, 6) is -1.79. The molecule has 1 unspecified atom stereocenters. The van der Waals surface area contributed by atoms with Crippen LogP contribution in [0.4, 0.5) is 0 Å². The molecule has 1 N–H and O–H groups in total. The number of hydrogen-bond acceptors (Lipinski definition) is 3. The van der Waals surface area contributed by atoms with E-state index in [9.17, 15) is 9.59 Å². The van der Waals surface area contributed by atoms with Crippen molar-refractivity contribution in [1.82, 2.24) is 0 Å². The Morgan fingerprint density at radius 2 is 1.32 bits per heavy atom. The molecule has 0 fully saturated rings. The predicted octanol–water partition coefficient (Wildman–Crippen LogP) is 7.07. The van der Waals surface area contributed by atoms with Crippen LogP contribution in [0.25, 0.3) is 0 Å². The topological polar surface area (TPSA) is 63.6 Å². The van der Waals surface area contributed by atoms with Crippen molar-refractivity contribution in [2.75, 3.05) is 6.61 Å². The normalized spacial score (nSPS) is 12.4. The lowest BCUT2D eigenvalue weighted by Gasteiger charge is -2.13. The largest absolute Gasteiger partial charge is 0.481 e. The van der Waals surface area contributed by atoms with E-state index in [1.165, 1.54) is 57.8 Å². The van der Waals surface area contributed by atoms with Gasteiger partial charge in [0.15, 0.2) is 0 Å². The van der Waals surface area contributed by atoms with Crippen molar-refractivity contribution in [2.24, 2.45) is 5.92 Å². The second-order valence-corrected chi connectivity index (χ2v) is 7.84. The number of ether oxygens (including phenoxy) is 1. The van der Waals surface area contributed by atoms with Crippen molar-refractivity contribution in [1.29, 1.82) is 0 Å². The molecule has 0 aromatic carbocycles. The molecule has 0 amide bonds. The van der Waals surface area contributed by atoms with Crippen molar-refractivity contribution in [2.45, 2.75) is 117 Å². The summed E-state index contributed by atoms with van der Waals surface area (Å²) in [6.07, 6.45) is 22.0. The quantitative estimate of drug-likeness (QED) is 0.136. The molecule has 0 heterocycles. The van der Waals surface area contributed by atoms with Crippen LogP contribution in [-0.2, 0) is 14.3 Å². The molecule has 164 valence electrons. The standard InChI is InChI=1S/C24H44O4/c1-3-5-6-7-8-9-10-11-12-13-14-15-16-17-18-19-22(21-23(25)26)24(27)28-20-4-2/h14-15,22H,3-13,16-21H2,1-2H3,(H,25,26)/b15-14+. The molecule has 0 aromatic heterocycles. The first-order valence-corrected chi connectivity index (χ1v) is 11.6. The maximum atomic E-state index is 11.9. The van der Waals surface area contributed by atoms with E-state index in [1.54, 1.807) is 0 Å². The van der Waals surface area contributed by atoms with Gasteiger partial charge < -0.3 is 9.84 Å². The minimum absolute atomic E-state index is 0.128. The average Bonchev–Trinajstić information content (AvgIpc) is 2.67. The van der Waals surface area contributed by atoms with E-state index in [4.69, 9.17) is 9.84 Å². The highest BCUT2D eigenvalue weighted by Crippen LogP contribution is 2.17. The van der Waals surface area contributed by atoms with Gasteiger partial charge in [-0.2, -0.15) is 0 Å². The number of carbonyl (C=O) groups is 2. The molecule has 0 spiro atoms. The number of carbonyl (C=O) groups excluding carboxylic acids is 1. The molecule has 0 bridgehead atoms. The lowest BCUT2D eigenvalue weighted by molar-refractivity contribution is -0.153. The van der Waals surface area contributed by atoms with Gasteiger partial charge in [-0.15, -0.1) is 0 Å². The van der Waals surface area contributed by atoms with E-state index in [1.807, 2.05) is 6.92 Å². The molecule has 0 saturated carbocycles. The Bertz CT molecular complexity index is 403. The van der Waals surface area contributed by atoms with Crippen LogP contribution < -0.4 is 0 Å². The first-order chi connectivity index (χ1) is 13.6. The molecule has 28 heavy (non-hydrogen) atoms. The number of hydrogen-bond donors (Lipinski definition) is 1. The van der Waals surface area contributed by atoms with E-state index in [-0.39, 0.29) is 12.4 Å². The number of allylic oxidation sites excluding steroid dienone is 2. The van der Waals surface area contributed by atoms with Crippen molar-refractivity contribution in [3.63, 3.8) is 0 Å². The monoisotopic (exact) mass is 396 g/mol. The van der Waals surface area contributed by atoms with Gasteiger partial charge in [0.2, 0.25) is 0 Å². The fourth-order valence-corrected chi connectivity index (χ4v) is 3.30. The van der Waals surface area contributed by atoms with Crippen LogP contribution in [0.1, 0.15) is 117 Å². The zero-order chi connectivity index (χ0) is 20.9. The van der Waals surface area contributed by atoms with Gasteiger partial charge >= 0.3 is 11.9 Å². The molecule has 0 rings (SSSR count). The lowest BCUT2D eigenvalue weighted by Crippen LogP contribution is -2.21. The van der Waals surface area contributed by atoms with E-state index in [0.29, 0.717) is 13.0 Å². The molecule has 0 aliphatic heterocycles. The van der Waals surface area contributed by atoms with Crippen LogP contribution in [-0.4, -0.2) is 23.7 Å². The fraction of sp³-hybridized carbons (Fsp3) is 0.833. The van der Waals surface area contributed by atoms with Gasteiger partial charge in [-0.25, -0.2) is 0 Å². The fourth-order valence-electron chi connectivity index (χ4n) is 3.30. The summed E-state index contributed by atoms with van der Waals surface area (Å²) < 4.78 is 5.11. The lowest BCUT2D eigenvalue weighted by atomic mass is 9.98. The molecule has 0 saturated heterocycles. The second-order valence-electron chi connectivity index (χ2n) is 7.84. The summed E-state index contributed by atoms with van der Waals surface area (Å²) in [6, 6.07) is 0. The maximum Gasteiger partial charge on any atom is 0.309 e. The van der Waals surface area contributed by atoms with Gasteiger partial charge in [-0.05, 0) is 38.5 Å². The van der Waals surface area contributed by atoms with Crippen LogP contribution in [0, 0.1) is 5.92 Å². The minimum Gasteiger partial charge on any atom is -0.481 e. The molecule has 1 atom stereocenters. The zero-order valence-electron chi connectivity index (χ0n) is 18.4. The SMILES string of the molecule is CCCCCCCCCCC/C=C/CCCCC(CC(=O)O)C(=O)OCCC. The van der Waals surface area contributed by atoms with E-state index < -0.39 is 11.9 Å².